The van der Waals surface area contributed by atoms with Crippen molar-refractivity contribution >= 4 is 11.5 Å². The Hall–Kier alpha value is -2.95. The van der Waals surface area contributed by atoms with E-state index in [1.807, 2.05) is 13.0 Å². The third-order valence-electron chi connectivity index (χ3n) is 2.55. The molecule has 0 unspecified atom stereocenters. The van der Waals surface area contributed by atoms with E-state index in [0.29, 0.717) is 18.1 Å². The van der Waals surface area contributed by atoms with Crippen molar-refractivity contribution < 1.29 is 4.92 Å². The number of anilines is 1. The molecule has 0 saturated heterocycles. The molecule has 0 atom stereocenters. The summed E-state index contributed by atoms with van der Waals surface area (Å²) in [4.78, 5) is 11.4. The number of benzene rings is 1. The third-order valence-corrected chi connectivity index (χ3v) is 2.55. The van der Waals surface area contributed by atoms with Crippen molar-refractivity contribution in [2.24, 2.45) is 0 Å². The molecule has 8 heteroatoms. The van der Waals surface area contributed by atoms with Gasteiger partial charge in [-0.15, -0.1) is 15.0 Å². The molecule has 0 amide bonds. The van der Waals surface area contributed by atoms with Gasteiger partial charge in [-0.2, -0.15) is 5.26 Å². The molecule has 0 bridgehead atoms. The van der Waals surface area contributed by atoms with Crippen LogP contribution in [-0.4, -0.2) is 26.5 Å². The lowest BCUT2D eigenvalue weighted by molar-refractivity contribution is -0.384. The minimum Gasteiger partial charge on any atom is -0.366 e. The number of non-ortho nitro benzene ring substituents is 1. The molecule has 0 saturated carbocycles. The summed E-state index contributed by atoms with van der Waals surface area (Å²) in [6.45, 7) is 2.69. The van der Waals surface area contributed by atoms with Crippen LogP contribution in [0, 0.1) is 21.4 Å². The number of hydrogen-bond acceptors (Lipinski definition) is 6. The Morgan fingerprint density at radius 3 is 2.65 bits per heavy atom. The van der Waals surface area contributed by atoms with E-state index in [0.717, 1.165) is 6.42 Å². The Morgan fingerprint density at radius 1 is 1.40 bits per heavy atom. The smallest absolute Gasteiger partial charge is 0.269 e. The van der Waals surface area contributed by atoms with E-state index in [-0.39, 0.29) is 11.4 Å². The highest BCUT2D eigenvalue weighted by atomic mass is 16.6. The normalized spacial score (nSPS) is 10.0. The SMILES string of the molecule is CCCNc1nn(-c2ccc([N+](=O)[O-])cc2)nc1C#N. The van der Waals surface area contributed by atoms with Gasteiger partial charge in [0.2, 0.25) is 5.69 Å². The first-order valence-electron chi connectivity index (χ1n) is 6.02. The van der Waals surface area contributed by atoms with Gasteiger partial charge in [0.05, 0.1) is 10.6 Å². The summed E-state index contributed by atoms with van der Waals surface area (Å²) < 4.78 is 0. The van der Waals surface area contributed by atoms with Gasteiger partial charge >= 0.3 is 0 Å². The van der Waals surface area contributed by atoms with Crippen LogP contribution >= 0.6 is 0 Å². The molecular weight excluding hydrogens is 260 g/mol. The summed E-state index contributed by atoms with van der Waals surface area (Å²) in [5, 5.41) is 30.8. The molecule has 20 heavy (non-hydrogen) atoms. The molecule has 0 aliphatic carbocycles. The van der Waals surface area contributed by atoms with Crippen molar-refractivity contribution in [2.75, 3.05) is 11.9 Å². The summed E-state index contributed by atoms with van der Waals surface area (Å²) >= 11 is 0. The largest absolute Gasteiger partial charge is 0.366 e. The fourth-order valence-corrected chi connectivity index (χ4v) is 1.57. The lowest BCUT2D eigenvalue weighted by atomic mass is 10.3. The van der Waals surface area contributed by atoms with Crippen LogP contribution in [0.5, 0.6) is 0 Å². The molecular formula is C12H12N6O2. The van der Waals surface area contributed by atoms with E-state index in [1.54, 1.807) is 0 Å². The fraction of sp³-hybridized carbons (Fsp3) is 0.250. The van der Waals surface area contributed by atoms with Crippen molar-refractivity contribution in [1.29, 1.82) is 5.26 Å². The van der Waals surface area contributed by atoms with E-state index in [2.05, 4.69) is 15.5 Å². The number of aromatic nitrogens is 3. The number of nitriles is 1. The summed E-state index contributed by atoms with van der Waals surface area (Å²) in [6.07, 6.45) is 0.898. The standard InChI is InChI=1S/C12H12N6O2/c1-2-7-14-12-11(8-13)15-17(16-12)9-3-5-10(6-4-9)18(19)20/h3-6H,2,7H2,1H3,(H,14,16). The first-order chi connectivity index (χ1) is 9.65. The third kappa shape index (κ3) is 2.72. The summed E-state index contributed by atoms with van der Waals surface area (Å²) in [5.41, 5.74) is 0.735. The van der Waals surface area contributed by atoms with Crippen molar-refractivity contribution in [3.63, 3.8) is 0 Å². The van der Waals surface area contributed by atoms with Crippen LogP contribution in [0.2, 0.25) is 0 Å². The van der Waals surface area contributed by atoms with Gasteiger partial charge in [0.15, 0.2) is 5.82 Å². The highest BCUT2D eigenvalue weighted by molar-refractivity contribution is 5.48. The minimum absolute atomic E-state index is 0.00857. The van der Waals surface area contributed by atoms with Gasteiger partial charge in [-0.25, -0.2) is 0 Å². The van der Waals surface area contributed by atoms with Crippen LogP contribution in [0.3, 0.4) is 0 Å². The number of nitro groups is 1. The Labute approximate surface area is 114 Å². The molecule has 0 spiro atoms. The predicted molar refractivity (Wildman–Crippen MR) is 71.5 cm³/mol. The summed E-state index contributed by atoms with van der Waals surface area (Å²) in [5.74, 6) is 0.410. The van der Waals surface area contributed by atoms with Crippen LogP contribution in [0.15, 0.2) is 24.3 Å². The van der Waals surface area contributed by atoms with Gasteiger partial charge in [-0.1, -0.05) is 6.92 Å². The van der Waals surface area contributed by atoms with Crippen LogP contribution in [0.4, 0.5) is 11.5 Å². The monoisotopic (exact) mass is 272 g/mol. The van der Waals surface area contributed by atoms with Gasteiger partial charge in [-0.05, 0) is 18.6 Å². The molecule has 2 aromatic rings. The zero-order chi connectivity index (χ0) is 14.5. The first-order valence-corrected chi connectivity index (χ1v) is 6.02. The van der Waals surface area contributed by atoms with Gasteiger partial charge in [0.1, 0.15) is 6.07 Å². The molecule has 1 N–H and O–H groups in total. The lowest BCUT2D eigenvalue weighted by Gasteiger charge is -1.99. The van der Waals surface area contributed by atoms with Crippen LogP contribution in [0.25, 0.3) is 5.69 Å². The Kier molecular flexibility index (Phi) is 3.91. The Morgan fingerprint density at radius 2 is 2.10 bits per heavy atom. The molecule has 1 heterocycles. The van der Waals surface area contributed by atoms with E-state index in [4.69, 9.17) is 5.26 Å². The zero-order valence-corrected chi connectivity index (χ0v) is 10.8. The van der Waals surface area contributed by atoms with Gasteiger partial charge in [0, 0.05) is 18.7 Å². The average molecular weight is 272 g/mol. The predicted octanol–water partition coefficient (Wildman–Crippen LogP) is 1.87. The van der Waals surface area contributed by atoms with Gasteiger partial charge < -0.3 is 5.32 Å². The van der Waals surface area contributed by atoms with Crippen LogP contribution in [-0.2, 0) is 0 Å². The van der Waals surface area contributed by atoms with Crippen LogP contribution < -0.4 is 5.32 Å². The van der Waals surface area contributed by atoms with E-state index in [1.165, 1.54) is 29.1 Å². The molecule has 2 rings (SSSR count). The summed E-state index contributed by atoms with van der Waals surface area (Å²) in [7, 11) is 0. The molecule has 102 valence electrons. The summed E-state index contributed by atoms with van der Waals surface area (Å²) in [6, 6.07) is 7.75. The van der Waals surface area contributed by atoms with Crippen molar-refractivity contribution in [3.8, 4) is 11.8 Å². The van der Waals surface area contributed by atoms with Gasteiger partial charge in [0.25, 0.3) is 5.69 Å². The molecule has 0 radical (unpaired) electrons. The Bertz CT molecular complexity index is 656. The van der Waals surface area contributed by atoms with E-state index >= 15 is 0 Å². The number of nitro benzene ring substituents is 1. The second kappa shape index (κ2) is 5.79. The number of nitrogens with one attached hydrogen (secondary N) is 1. The van der Waals surface area contributed by atoms with Crippen molar-refractivity contribution in [3.05, 3.63) is 40.1 Å². The molecule has 0 fully saturated rings. The maximum atomic E-state index is 10.6. The number of hydrogen-bond donors (Lipinski definition) is 1. The molecule has 1 aromatic carbocycles. The quantitative estimate of drug-likeness (QED) is 0.657. The molecule has 8 nitrogen and oxygen atoms in total. The molecule has 1 aromatic heterocycles. The maximum absolute atomic E-state index is 10.6. The van der Waals surface area contributed by atoms with Gasteiger partial charge in [-0.3, -0.25) is 10.1 Å². The van der Waals surface area contributed by atoms with E-state index < -0.39 is 4.92 Å². The lowest BCUT2D eigenvalue weighted by Crippen LogP contribution is -2.03. The highest BCUT2D eigenvalue weighted by Gasteiger charge is 2.12. The van der Waals surface area contributed by atoms with Crippen LogP contribution in [0.1, 0.15) is 19.0 Å². The zero-order valence-electron chi connectivity index (χ0n) is 10.8. The highest BCUT2D eigenvalue weighted by Crippen LogP contribution is 2.16. The number of nitrogens with zero attached hydrogens (tertiary/aromatic N) is 5. The maximum Gasteiger partial charge on any atom is 0.269 e. The Balaban J connectivity index is 2.30. The number of rotatable bonds is 5. The second-order valence-electron chi connectivity index (χ2n) is 4.00. The average Bonchev–Trinajstić information content (AvgIpc) is 2.88. The minimum atomic E-state index is -0.477. The second-order valence-corrected chi connectivity index (χ2v) is 4.00. The topological polar surface area (TPSA) is 110 Å². The van der Waals surface area contributed by atoms with E-state index in [9.17, 15) is 10.1 Å². The molecule has 0 aliphatic rings. The van der Waals surface area contributed by atoms with Crippen molar-refractivity contribution in [1.82, 2.24) is 15.0 Å². The van der Waals surface area contributed by atoms with Crippen molar-refractivity contribution in [2.45, 2.75) is 13.3 Å². The molecule has 0 aliphatic heterocycles. The first kappa shape index (κ1) is 13.5. The fourth-order valence-electron chi connectivity index (χ4n) is 1.57.